The first-order valence-corrected chi connectivity index (χ1v) is 8.19. The third kappa shape index (κ3) is 5.98. The highest BCUT2D eigenvalue weighted by Gasteiger charge is 2.33. The molecule has 1 aliphatic heterocycles. The molecular formula is C14H27NO2S. The van der Waals surface area contributed by atoms with Gasteiger partial charge in [-0.15, -0.1) is 0 Å². The number of rotatable bonds is 8. The topological polar surface area (TPSA) is 38.3 Å². The molecule has 106 valence electrons. The van der Waals surface area contributed by atoms with E-state index in [4.69, 9.17) is 4.74 Å². The monoisotopic (exact) mass is 273 g/mol. The summed E-state index contributed by atoms with van der Waals surface area (Å²) in [4.78, 5) is 11.3. The van der Waals surface area contributed by atoms with Gasteiger partial charge in [0.15, 0.2) is 0 Å². The Labute approximate surface area is 115 Å². The predicted molar refractivity (Wildman–Crippen MR) is 78.0 cm³/mol. The molecule has 1 fully saturated rings. The van der Waals surface area contributed by atoms with Gasteiger partial charge in [0.2, 0.25) is 0 Å². The summed E-state index contributed by atoms with van der Waals surface area (Å²) in [6.07, 6.45) is 3.08. The number of cyclic esters (lactones) is 1. The molecule has 3 nitrogen and oxygen atoms in total. The van der Waals surface area contributed by atoms with Crippen LogP contribution in [0.3, 0.4) is 0 Å². The van der Waals surface area contributed by atoms with Crippen LogP contribution in [-0.4, -0.2) is 29.7 Å². The first-order chi connectivity index (χ1) is 8.49. The standard InChI is InChI=1S/C14H27NO2S/c1-10(2)5-7-18-8-6-13-12(9-11(3)4)15-14(16)17-13/h10-13H,5-9H2,1-4H3,(H,15,16). The quantitative estimate of drug-likeness (QED) is 0.686. The van der Waals surface area contributed by atoms with Crippen LogP contribution >= 0.6 is 11.8 Å². The Bertz CT molecular complexity index is 256. The maximum absolute atomic E-state index is 11.3. The van der Waals surface area contributed by atoms with Crippen molar-refractivity contribution < 1.29 is 9.53 Å². The minimum absolute atomic E-state index is 0.0754. The van der Waals surface area contributed by atoms with Crippen molar-refractivity contribution in [3.05, 3.63) is 0 Å². The van der Waals surface area contributed by atoms with Crippen molar-refractivity contribution in [3.63, 3.8) is 0 Å². The fourth-order valence-corrected chi connectivity index (χ4v) is 3.34. The highest BCUT2D eigenvalue weighted by molar-refractivity contribution is 7.99. The van der Waals surface area contributed by atoms with E-state index < -0.39 is 0 Å². The lowest BCUT2D eigenvalue weighted by atomic mass is 9.99. The van der Waals surface area contributed by atoms with Crippen molar-refractivity contribution in [2.45, 2.75) is 59.1 Å². The van der Waals surface area contributed by atoms with Crippen LogP contribution in [0.4, 0.5) is 4.79 Å². The Hall–Kier alpha value is -0.380. The lowest BCUT2D eigenvalue weighted by Crippen LogP contribution is -2.33. The second kappa shape index (κ2) is 7.93. The lowest BCUT2D eigenvalue weighted by molar-refractivity contribution is 0.127. The third-order valence-corrected chi connectivity index (χ3v) is 4.17. The van der Waals surface area contributed by atoms with Gasteiger partial charge in [-0.05, 0) is 42.6 Å². The van der Waals surface area contributed by atoms with Crippen molar-refractivity contribution >= 4 is 17.9 Å². The summed E-state index contributed by atoms with van der Waals surface area (Å²) in [7, 11) is 0. The Kier molecular flexibility index (Phi) is 6.90. The molecule has 0 aromatic heterocycles. The second-order valence-electron chi connectivity index (χ2n) is 5.91. The SMILES string of the molecule is CC(C)CCSCCC1OC(=O)NC1CC(C)C. The van der Waals surface area contributed by atoms with Crippen LogP contribution in [0.2, 0.25) is 0 Å². The average molecular weight is 273 g/mol. The maximum atomic E-state index is 11.3. The summed E-state index contributed by atoms with van der Waals surface area (Å²) >= 11 is 1.97. The average Bonchev–Trinajstić information content (AvgIpc) is 2.57. The molecule has 0 spiro atoms. The molecule has 1 saturated heterocycles. The molecule has 4 heteroatoms. The summed E-state index contributed by atoms with van der Waals surface area (Å²) in [6, 6.07) is 0.211. The van der Waals surface area contributed by atoms with Crippen LogP contribution in [0, 0.1) is 11.8 Å². The number of nitrogens with one attached hydrogen (secondary N) is 1. The molecule has 2 unspecified atom stereocenters. The van der Waals surface area contributed by atoms with E-state index in [2.05, 4.69) is 33.0 Å². The third-order valence-electron chi connectivity index (χ3n) is 3.12. The van der Waals surface area contributed by atoms with Crippen molar-refractivity contribution in [2.24, 2.45) is 11.8 Å². The Morgan fingerprint density at radius 2 is 1.94 bits per heavy atom. The molecule has 1 rings (SSSR count). The first kappa shape index (κ1) is 15.7. The van der Waals surface area contributed by atoms with Crippen molar-refractivity contribution in [1.82, 2.24) is 5.32 Å². The molecular weight excluding hydrogens is 246 g/mol. The van der Waals surface area contributed by atoms with Gasteiger partial charge in [0.25, 0.3) is 0 Å². The largest absolute Gasteiger partial charge is 0.444 e. The minimum atomic E-state index is -0.238. The normalized spacial score (nSPS) is 23.6. The van der Waals surface area contributed by atoms with Gasteiger partial charge in [-0.3, -0.25) is 0 Å². The molecule has 0 bridgehead atoms. The zero-order valence-electron chi connectivity index (χ0n) is 12.1. The summed E-state index contributed by atoms with van der Waals surface area (Å²) in [6.45, 7) is 8.86. The second-order valence-corrected chi connectivity index (χ2v) is 7.13. The fourth-order valence-electron chi connectivity index (χ4n) is 2.10. The predicted octanol–water partition coefficient (Wildman–Crippen LogP) is 3.68. The summed E-state index contributed by atoms with van der Waals surface area (Å²) in [5.41, 5.74) is 0. The molecule has 0 saturated carbocycles. The minimum Gasteiger partial charge on any atom is -0.444 e. The molecule has 1 aliphatic rings. The van der Waals surface area contributed by atoms with Gasteiger partial charge in [-0.25, -0.2) is 4.79 Å². The van der Waals surface area contributed by atoms with Gasteiger partial charge in [0, 0.05) is 0 Å². The molecule has 0 aliphatic carbocycles. The molecule has 0 radical (unpaired) electrons. The van der Waals surface area contributed by atoms with E-state index in [0.717, 1.165) is 24.5 Å². The van der Waals surface area contributed by atoms with Crippen LogP contribution in [0.25, 0.3) is 0 Å². The van der Waals surface area contributed by atoms with Crippen molar-refractivity contribution in [1.29, 1.82) is 0 Å². The summed E-state index contributed by atoms with van der Waals surface area (Å²) in [5, 5.41) is 2.92. The fraction of sp³-hybridized carbons (Fsp3) is 0.929. The molecule has 18 heavy (non-hydrogen) atoms. The molecule has 1 amide bonds. The summed E-state index contributed by atoms with van der Waals surface area (Å²) in [5.74, 6) is 3.66. The Morgan fingerprint density at radius 1 is 1.22 bits per heavy atom. The van der Waals surface area contributed by atoms with Crippen LogP contribution < -0.4 is 5.32 Å². The molecule has 1 N–H and O–H groups in total. The van der Waals surface area contributed by atoms with Gasteiger partial charge in [-0.2, -0.15) is 11.8 Å². The number of hydrogen-bond donors (Lipinski definition) is 1. The van der Waals surface area contributed by atoms with E-state index >= 15 is 0 Å². The van der Waals surface area contributed by atoms with Crippen molar-refractivity contribution in [3.8, 4) is 0 Å². The van der Waals surface area contributed by atoms with Crippen LogP contribution in [0.1, 0.15) is 47.0 Å². The van der Waals surface area contributed by atoms with Crippen LogP contribution in [0.15, 0.2) is 0 Å². The van der Waals surface area contributed by atoms with Gasteiger partial charge in [0.05, 0.1) is 6.04 Å². The van der Waals surface area contributed by atoms with Crippen molar-refractivity contribution in [2.75, 3.05) is 11.5 Å². The Balaban J connectivity index is 2.20. The molecule has 2 atom stereocenters. The number of hydrogen-bond acceptors (Lipinski definition) is 3. The van der Waals surface area contributed by atoms with E-state index in [9.17, 15) is 4.79 Å². The molecule has 1 heterocycles. The van der Waals surface area contributed by atoms with E-state index in [-0.39, 0.29) is 18.2 Å². The summed E-state index contributed by atoms with van der Waals surface area (Å²) < 4.78 is 5.34. The van der Waals surface area contributed by atoms with Gasteiger partial charge in [-0.1, -0.05) is 27.7 Å². The van der Waals surface area contributed by atoms with E-state index in [1.54, 1.807) is 0 Å². The zero-order valence-corrected chi connectivity index (χ0v) is 12.9. The van der Waals surface area contributed by atoms with E-state index in [0.29, 0.717) is 5.92 Å². The van der Waals surface area contributed by atoms with Gasteiger partial charge < -0.3 is 10.1 Å². The maximum Gasteiger partial charge on any atom is 0.407 e. The number of carbonyl (C=O) groups is 1. The number of carbonyl (C=O) groups excluding carboxylic acids is 1. The zero-order chi connectivity index (χ0) is 13.5. The van der Waals surface area contributed by atoms with E-state index in [1.807, 2.05) is 11.8 Å². The van der Waals surface area contributed by atoms with Gasteiger partial charge in [0.1, 0.15) is 6.10 Å². The Morgan fingerprint density at radius 3 is 2.56 bits per heavy atom. The highest BCUT2D eigenvalue weighted by Crippen LogP contribution is 2.21. The highest BCUT2D eigenvalue weighted by atomic mass is 32.2. The first-order valence-electron chi connectivity index (χ1n) is 7.04. The number of ether oxygens (including phenoxy) is 1. The molecule has 0 aromatic carbocycles. The van der Waals surface area contributed by atoms with Crippen LogP contribution in [-0.2, 0) is 4.74 Å². The number of amides is 1. The lowest BCUT2D eigenvalue weighted by Gasteiger charge is -2.18. The smallest absolute Gasteiger partial charge is 0.407 e. The molecule has 0 aromatic rings. The van der Waals surface area contributed by atoms with Gasteiger partial charge >= 0.3 is 6.09 Å². The van der Waals surface area contributed by atoms with Crippen LogP contribution in [0.5, 0.6) is 0 Å². The number of alkyl carbamates (subject to hydrolysis) is 1. The van der Waals surface area contributed by atoms with E-state index in [1.165, 1.54) is 12.2 Å². The number of thioether (sulfide) groups is 1.